The second-order valence-corrected chi connectivity index (χ2v) is 5.92. The Kier molecular flexibility index (Phi) is 5.41. The molecule has 0 bridgehead atoms. The smallest absolute Gasteiger partial charge is 0.258 e. The van der Waals surface area contributed by atoms with Gasteiger partial charge in [-0.2, -0.15) is 5.10 Å². The van der Waals surface area contributed by atoms with Gasteiger partial charge in [0, 0.05) is 13.1 Å². The molecule has 2 aromatic rings. The van der Waals surface area contributed by atoms with E-state index in [0.29, 0.717) is 11.6 Å². The van der Waals surface area contributed by atoms with Crippen molar-refractivity contribution >= 4 is 35.2 Å². The normalized spacial score (nSPS) is 11.9. The largest absolute Gasteiger partial charge is 0.479 e. The highest BCUT2D eigenvalue weighted by Crippen LogP contribution is 2.39. The number of hydrogen-bond acceptors (Lipinski definition) is 4. The number of hydrogen-bond donors (Lipinski definition) is 1. The molecule has 0 fully saturated rings. The van der Waals surface area contributed by atoms with Gasteiger partial charge in [-0.3, -0.25) is 4.79 Å². The van der Waals surface area contributed by atoms with E-state index in [0.717, 1.165) is 11.3 Å². The molecule has 0 unspecified atom stereocenters. The van der Waals surface area contributed by atoms with Crippen molar-refractivity contribution in [3.8, 4) is 17.4 Å². The molecule has 0 aliphatic rings. The number of nitrogens with two attached hydrogens (primary N) is 1. The molecule has 1 aromatic carbocycles. The average Bonchev–Trinajstić information content (AvgIpc) is 2.77. The van der Waals surface area contributed by atoms with Crippen molar-refractivity contribution in [1.82, 2.24) is 9.78 Å². The highest BCUT2D eigenvalue weighted by Gasteiger charge is 2.18. The van der Waals surface area contributed by atoms with Gasteiger partial charge in [-0.25, -0.2) is 4.68 Å². The van der Waals surface area contributed by atoms with Crippen LogP contribution in [0.25, 0.3) is 6.08 Å². The van der Waals surface area contributed by atoms with Crippen LogP contribution in [0.1, 0.15) is 18.2 Å². The highest BCUT2D eigenvalue weighted by atomic mass is 35.5. The number of carbonyl (C=O) groups is 1. The second kappa shape index (κ2) is 7.15. The zero-order valence-electron chi connectivity index (χ0n) is 13.5. The lowest BCUT2D eigenvalue weighted by Gasteiger charge is -2.15. The van der Waals surface area contributed by atoms with E-state index in [1.165, 1.54) is 19.1 Å². The summed E-state index contributed by atoms with van der Waals surface area (Å²) in [6.07, 6.45) is 0.799. The first kappa shape index (κ1) is 18.2. The van der Waals surface area contributed by atoms with Crippen molar-refractivity contribution < 1.29 is 14.3 Å². The predicted molar refractivity (Wildman–Crippen MR) is 93.9 cm³/mol. The van der Waals surface area contributed by atoms with Gasteiger partial charge in [0.05, 0.1) is 21.3 Å². The summed E-state index contributed by atoms with van der Waals surface area (Å²) in [4.78, 5) is 11.2. The fraction of sp³-hybridized carbons (Fsp3) is 0.250. The van der Waals surface area contributed by atoms with Crippen LogP contribution in [0.15, 0.2) is 18.7 Å². The third-order valence-corrected chi connectivity index (χ3v) is 3.91. The van der Waals surface area contributed by atoms with Crippen molar-refractivity contribution in [2.75, 3.05) is 0 Å². The monoisotopic (exact) mass is 369 g/mol. The van der Waals surface area contributed by atoms with Crippen LogP contribution in [0, 0.1) is 6.92 Å². The average molecular weight is 370 g/mol. The molecule has 1 aromatic heterocycles. The number of rotatable bonds is 6. The van der Waals surface area contributed by atoms with E-state index < -0.39 is 12.0 Å². The Morgan fingerprint density at radius 3 is 2.58 bits per heavy atom. The summed E-state index contributed by atoms with van der Waals surface area (Å²) >= 11 is 12.3. The summed E-state index contributed by atoms with van der Waals surface area (Å²) in [7, 11) is 1.74. The number of ether oxygens (including phenoxy) is 2. The lowest BCUT2D eigenvalue weighted by Crippen LogP contribution is -2.30. The first-order valence-corrected chi connectivity index (χ1v) is 7.79. The fourth-order valence-corrected chi connectivity index (χ4v) is 2.51. The van der Waals surface area contributed by atoms with Gasteiger partial charge in [0.1, 0.15) is 5.75 Å². The molecule has 1 atom stereocenters. The summed E-state index contributed by atoms with van der Waals surface area (Å²) in [5.74, 6) is 0.403. The Balaban J connectivity index is 2.41. The molecule has 0 spiro atoms. The zero-order chi connectivity index (χ0) is 18.0. The van der Waals surface area contributed by atoms with Gasteiger partial charge in [-0.1, -0.05) is 35.9 Å². The Hall–Kier alpha value is -2.18. The molecule has 0 saturated heterocycles. The predicted octanol–water partition coefficient (Wildman–Crippen LogP) is 3.72. The topological polar surface area (TPSA) is 79.4 Å². The third-order valence-electron chi connectivity index (χ3n) is 3.32. The molecule has 24 heavy (non-hydrogen) atoms. The van der Waals surface area contributed by atoms with E-state index in [9.17, 15) is 4.79 Å². The second-order valence-electron chi connectivity index (χ2n) is 5.11. The van der Waals surface area contributed by atoms with Crippen molar-refractivity contribution in [2.24, 2.45) is 12.8 Å². The minimum absolute atomic E-state index is 0.237. The molecular weight excluding hydrogens is 353 g/mol. The fourth-order valence-electron chi connectivity index (χ4n) is 2.04. The lowest BCUT2D eigenvalue weighted by molar-refractivity contribution is -0.123. The Bertz CT molecular complexity index is 802. The number of aryl methyl sites for hydroxylation is 2. The molecular formula is C16H17Cl2N3O3. The van der Waals surface area contributed by atoms with Crippen molar-refractivity contribution in [3.63, 3.8) is 0 Å². The van der Waals surface area contributed by atoms with Gasteiger partial charge in [0.25, 0.3) is 5.91 Å². The van der Waals surface area contributed by atoms with Crippen LogP contribution in [0.5, 0.6) is 17.4 Å². The van der Waals surface area contributed by atoms with Gasteiger partial charge in [0.2, 0.25) is 5.88 Å². The molecule has 0 radical (unpaired) electrons. The van der Waals surface area contributed by atoms with Crippen LogP contribution in [0.3, 0.4) is 0 Å². The Morgan fingerprint density at radius 1 is 1.38 bits per heavy atom. The number of nitrogens with zero attached hydrogens (tertiary/aromatic N) is 2. The Morgan fingerprint density at radius 2 is 2.00 bits per heavy atom. The molecule has 0 saturated carbocycles. The standard InChI is InChI=1S/C16H17Cl2N3O3/c1-5-10-8(2)20-21(4)16(10)24-14-7-13(11(17)6-12(14)18)23-9(3)15(19)22/h5-7,9H,1H2,2-4H3,(H2,19,22)/t9-/m0/s1. The Labute approximate surface area is 149 Å². The quantitative estimate of drug-likeness (QED) is 0.841. The van der Waals surface area contributed by atoms with Gasteiger partial charge >= 0.3 is 0 Å². The van der Waals surface area contributed by atoms with Crippen LogP contribution >= 0.6 is 23.2 Å². The van der Waals surface area contributed by atoms with Gasteiger partial charge in [0.15, 0.2) is 11.9 Å². The van der Waals surface area contributed by atoms with E-state index in [2.05, 4.69) is 11.7 Å². The third kappa shape index (κ3) is 3.66. The first-order valence-electron chi connectivity index (χ1n) is 7.03. The molecule has 2 N–H and O–H groups in total. The maximum absolute atomic E-state index is 11.2. The van der Waals surface area contributed by atoms with Gasteiger partial charge in [-0.05, 0) is 19.9 Å². The van der Waals surface area contributed by atoms with Crippen LogP contribution < -0.4 is 15.2 Å². The number of carbonyl (C=O) groups excluding carboxylic acids is 1. The molecule has 128 valence electrons. The lowest BCUT2D eigenvalue weighted by atomic mass is 10.2. The minimum Gasteiger partial charge on any atom is -0.479 e. The number of primary amides is 1. The van der Waals surface area contributed by atoms with Crippen molar-refractivity contribution in [3.05, 3.63) is 40.0 Å². The first-order chi connectivity index (χ1) is 11.2. The molecule has 1 amide bonds. The molecule has 6 nitrogen and oxygen atoms in total. The zero-order valence-corrected chi connectivity index (χ0v) is 15.0. The molecule has 0 aliphatic carbocycles. The summed E-state index contributed by atoms with van der Waals surface area (Å²) < 4.78 is 12.9. The van der Waals surface area contributed by atoms with Crippen LogP contribution in [-0.4, -0.2) is 21.8 Å². The van der Waals surface area contributed by atoms with E-state index in [1.807, 2.05) is 6.92 Å². The van der Waals surface area contributed by atoms with Crippen LogP contribution in [-0.2, 0) is 11.8 Å². The van der Waals surface area contributed by atoms with Crippen molar-refractivity contribution in [2.45, 2.75) is 20.0 Å². The summed E-state index contributed by atoms with van der Waals surface area (Å²) in [5.41, 5.74) is 6.72. The maximum Gasteiger partial charge on any atom is 0.258 e. The number of benzene rings is 1. The minimum atomic E-state index is -0.848. The van der Waals surface area contributed by atoms with Crippen molar-refractivity contribution in [1.29, 1.82) is 0 Å². The number of aromatic nitrogens is 2. The summed E-state index contributed by atoms with van der Waals surface area (Å²) in [6.45, 7) is 7.12. The SMILES string of the molecule is C=Cc1c(C)nn(C)c1Oc1cc(O[C@@H](C)C(N)=O)c(Cl)cc1Cl. The molecule has 0 aliphatic heterocycles. The molecule has 8 heteroatoms. The van der Waals surface area contributed by atoms with Crippen LogP contribution in [0.2, 0.25) is 10.0 Å². The molecule has 2 rings (SSSR count). The number of halogens is 2. The highest BCUT2D eigenvalue weighted by molar-refractivity contribution is 6.36. The molecule has 1 heterocycles. The van der Waals surface area contributed by atoms with Gasteiger partial charge in [-0.15, -0.1) is 0 Å². The summed E-state index contributed by atoms with van der Waals surface area (Å²) in [5, 5.41) is 4.80. The van der Waals surface area contributed by atoms with Gasteiger partial charge < -0.3 is 15.2 Å². The van der Waals surface area contributed by atoms with E-state index in [4.69, 9.17) is 38.4 Å². The van der Waals surface area contributed by atoms with E-state index in [1.54, 1.807) is 17.8 Å². The number of amides is 1. The van der Waals surface area contributed by atoms with Crippen LogP contribution in [0.4, 0.5) is 0 Å². The summed E-state index contributed by atoms with van der Waals surface area (Å²) in [6, 6.07) is 2.97. The van der Waals surface area contributed by atoms with E-state index in [-0.39, 0.29) is 15.8 Å². The van der Waals surface area contributed by atoms with E-state index >= 15 is 0 Å². The maximum atomic E-state index is 11.2.